The van der Waals surface area contributed by atoms with Crippen LogP contribution in [-0.4, -0.2) is 41.6 Å². The van der Waals surface area contributed by atoms with E-state index < -0.39 is 0 Å². The first-order valence-electron chi connectivity index (χ1n) is 7.64. The number of benzene rings is 1. The van der Waals surface area contributed by atoms with Crippen LogP contribution in [0.1, 0.15) is 36.0 Å². The largest absolute Gasteiger partial charge is 0.506 e. The van der Waals surface area contributed by atoms with Crippen LogP contribution in [0, 0.1) is 5.92 Å². The minimum atomic E-state index is -0.00228. The van der Waals surface area contributed by atoms with Gasteiger partial charge in [0.15, 0.2) is 0 Å². The molecule has 0 unspecified atom stereocenters. The van der Waals surface area contributed by atoms with Crippen LogP contribution in [0.4, 0.5) is 0 Å². The number of phenolic OH excluding ortho intramolecular Hbond substituents is 1. The third-order valence-corrected chi connectivity index (χ3v) is 4.67. The molecule has 5 heteroatoms. The summed E-state index contributed by atoms with van der Waals surface area (Å²) in [5.74, 6) is 0.901. The first-order chi connectivity index (χ1) is 10.1. The number of carbonyl (C=O) groups is 1. The van der Waals surface area contributed by atoms with Crippen molar-refractivity contribution in [2.75, 3.05) is 19.6 Å². The summed E-state index contributed by atoms with van der Waals surface area (Å²) in [4.78, 5) is 14.3. The molecule has 1 heterocycles. The molecule has 2 fully saturated rings. The highest BCUT2D eigenvalue weighted by molar-refractivity contribution is 6.32. The number of piperidine rings is 1. The van der Waals surface area contributed by atoms with Crippen LogP contribution in [0.5, 0.6) is 5.75 Å². The Morgan fingerprint density at radius 2 is 2.00 bits per heavy atom. The van der Waals surface area contributed by atoms with E-state index in [1.807, 2.05) is 4.90 Å². The molecule has 0 aromatic heterocycles. The number of rotatable bonds is 4. The van der Waals surface area contributed by atoms with Crippen molar-refractivity contribution < 1.29 is 9.90 Å². The molecule has 2 aliphatic rings. The van der Waals surface area contributed by atoms with E-state index in [4.69, 9.17) is 11.6 Å². The van der Waals surface area contributed by atoms with Gasteiger partial charge in [-0.1, -0.05) is 11.6 Å². The SMILES string of the molecule is O=C(c1ccc(O)c(Cl)c1)N1CCC(NCC2CC2)CC1. The Kier molecular flexibility index (Phi) is 4.36. The van der Waals surface area contributed by atoms with Crippen LogP contribution in [-0.2, 0) is 0 Å². The summed E-state index contributed by atoms with van der Waals surface area (Å²) in [7, 11) is 0. The molecule has 0 bridgehead atoms. The third kappa shape index (κ3) is 3.69. The van der Waals surface area contributed by atoms with Gasteiger partial charge in [-0.15, -0.1) is 0 Å². The second-order valence-electron chi connectivity index (χ2n) is 6.08. The van der Waals surface area contributed by atoms with E-state index in [0.717, 1.165) is 38.4 Å². The lowest BCUT2D eigenvalue weighted by molar-refractivity contribution is 0.0705. The van der Waals surface area contributed by atoms with Gasteiger partial charge in [-0.2, -0.15) is 0 Å². The average molecular weight is 309 g/mol. The predicted octanol–water partition coefficient (Wildman–Crippen LogP) is 2.65. The number of hydrogen-bond donors (Lipinski definition) is 2. The molecule has 1 saturated heterocycles. The topological polar surface area (TPSA) is 52.6 Å². The Morgan fingerprint density at radius 1 is 1.29 bits per heavy atom. The van der Waals surface area contributed by atoms with Crippen molar-refractivity contribution >= 4 is 17.5 Å². The van der Waals surface area contributed by atoms with Crippen molar-refractivity contribution in [3.63, 3.8) is 0 Å². The highest BCUT2D eigenvalue weighted by Gasteiger charge is 2.26. The number of aromatic hydroxyl groups is 1. The predicted molar refractivity (Wildman–Crippen MR) is 82.8 cm³/mol. The molecular weight excluding hydrogens is 288 g/mol. The molecular formula is C16H21ClN2O2. The highest BCUT2D eigenvalue weighted by atomic mass is 35.5. The molecule has 2 N–H and O–H groups in total. The van der Waals surface area contributed by atoms with E-state index in [-0.39, 0.29) is 16.7 Å². The Morgan fingerprint density at radius 3 is 2.62 bits per heavy atom. The fourth-order valence-electron chi connectivity index (χ4n) is 2.76. The minimum absolute atomic E-state index is 0.00228. The van der Waals surface area contributed by atoms with Gasteiger partial charge in [0.1, 0.15) is 5.75 Å². The number of halogens is 1. The van der Waals surface area contributed by atoms with Crippen molar-refractivity contribution in [3.8, 4) is 5.75 Å². The van der Waals surface area contributed by atoms with Gasteiger partial charge in [0, 0.05) is 24.7 Å². The van der Waals surface area contributed by atoms with Gasteiger partial charge >= 0.3 is 0 Å². The molecule has 114 valence electrons. The second-order valence-corrected chi connectivity index (χ2v) is 6.49. The lowest BCUT2D eigenvalue weighted by Gasteiger charge is -2.32. The average Bonchev–Trinajstić information content (AvgIpc) is 3.32. The van der Waals surface area contributed by atoms with Gasteiger partial charge in [0.2, 0.25) is 0 Å². The monoisotopic (exact) mass is 308 g/mol. The summed E-state index contributed by atoms with van der Waals surface area (Å²) in [5.41, 5.74) is 0.544. The molecule has 0 spiro atoms. The summed E-state index contributed by atoms with van der Waals surface area (Å²) >= 11 is 5.87. The number of carbonyl (C=O) groups excluding carboxylic acids is 1. The zero-order valence-corrected chi connectivity index (χ0v) is 12.8. The van der Waals surface area contributed by atoms with Crippen LogP contribution in [0.3, 0.4) is 0 Å². The molecule has 1 saturated carbocycles. The Balaban J connectivity index is 1.52. The molecule has 3 rings (SSSR count). The van der Waals surface area contributed by atoms with E-state index in [9.17, 15) is 9.90 Å². The van der Waals surface area contributed by atoms with Crippen LogP contribution in [0.25, 0.3) is 0 Å². The van der Waals surface area contributed by atoms with Crippen molar-refractivity contribution in [1.29, 1.82) is 0 Å². The summed E-state index contributed by atoms with van der Waals surface area (Å²) in [5, 5.41) is 13.2. The number of likely N-dealkylation sites (tertiary alicyclic amines) is 1. The second kappa shape index (κ2) is 6.24. The van der Waals surface area contributed by atoms with Crippen LogP contribution in [0.2, 0.25) is 5.02 Å². The van der Waals surface area contributed by atoms with E-state index >= 15 is 0 Å². The molecule has 0 radical (unpaired) electrons. The van der Waals surface area contributed by atoms with Crippen molar-refractivity contribution in [2.45, 2.75) is 31.7 Å². The Hall–Kier alpha value is -1.26. The molecule has 21 heavy (non-hydrogen) atoms. The fraction of sp³-hybridized carbons (Fsp3) is 0.562. The Bertz CT molecular complexity index is 523. The maximum atomic E-state index is 12.4. The number of nitrogens with one attached hydrogen (secondary N) is 1. The maximum absolute atomic E-state index is 12.4. The number of nitrogens with zero attached hydrogens (tertiary/aromatic N) is 1. The van der Waals surface area contributed by atoms with E-state index in [1.165, 1.54) is 25.0 Å². The normalized spacial score (nSPS) is 19.8. The first kappa shape index (κ1) is 14.7. The molecule has 4 nitrogen and oxygen atoms in total. The lowest BCUT2D eigenvalue weighted by Crippen LogP contribution is -2.45. The number of hydrogen-bond acceptors (Lipinski definition) is 3. The molecule has 1 amide bonds. The van der Waals surface area contributed by atoms with Crippen LogP contribution < -0.4 is 5.32 Å². The molecule has 0 atom stereocenters. The van der Waals surface area contributed by atoms with E-state index in [2.05, 4.69) is 5.32 Å². The van der Waals surface area contributed by atoms with E-state index in [0.29, 0.717) is 11.6 Å². The van der Waals surface area contributed by atoms with Gasteiger partial charge in [0.05, 0.1) is 5.02 Å². The summed E-state index contributed by atoms with van der Waals surface area (Å²) < 4.78 is 0. The van der Waals surface area contributed by atoms with Gasteiger partial charge in [0.25, 0.3) is 5.91 Å². The summed E-state index contributed by atoms with van der Waals surface area (Å²) in [6, 6.07) is 5.18. The summed E-state index contributed by atoms with van der Waals surface area (Å²) in [6.07, 6.45) is 4.74. The van der Waals surface area contributed by atoms with Gasteiger partial charge in [-0.05, 0) is 56.3 Å². The molecule has 1 aliphatic heterocycles. The molecule has 1 aromatic carbocycles. The number of phenols is 1. The standard InChI is InChI=1S/C16H21ClN2O2/c17-14-9-12(3-4-15(14)20)16(21)19-7-5-13(6-8-19)18-10-11-1-2-11/h3-4,9,11,13,18,20H,1-2,5-8,10H2. The zero-order valence-electron chi connectivity index (χ0n) is 12.0. The van der Waals surface area contributed by atoms with E-state index in [1.54, 1.807) is 6.07 Å². The molecule has 1 aromatic rings. The van der Waals surface area contributed by atoms with Crippen molar-refractivity contribution in [1.82, 2.24) is 10.2 Å². The molecule has 1 aliphatic carbocycles. The van der Waals surface area contributed by atoms with Crippen molar-refractivity contribution in [3.05, 3.63) is 28.8 Å². The van der Waals surface area contributed by atoms with Gasteiger partial charge in [-0.3, -0.25) is 4.79 Å². The zero-order chi connectivity index (χ0) is 14.8. The van der Waals surface area contributed by atoms with Crippen LogP contribution >= 0.6 is 11.6 Å². The minimum Gasteiger partial charge on any atom is -0.506 e. The number of amides is 1. The fourth-order valence-corrected chi connectivity index (χ4v) is 2.95. The van der Waals surface area contributed by atoms with Gasteiger partial charge < -0.3 is 15.3 Å². The first-order valence-corrected chi connectivity index (χ1v) is 8.02. The third-order valence-electron chi connectivity index (χ3n) is 4.37. The smallest absolute Gasteiger partial charge is 0.253 e. The lowest BCUT2D eigenvalue weighted by atomic mass is 10.0. The Labute approximate surface area is 130 Å². The van der Waals surface area contributed by atoms with Crippen molar-refractivity contribution in [2.24, 2.45) is 5.92 Å². The highest BCUT2D eigenvalue weighted by Crippen LogP contribution is 2.28. The van der Waals surface area contributed by atoms with Gasteiger partial charge in [-0.25, -0.2) is 0 Å². The van der Waals surface area contributed by atoms with Crippen LogP contribution in [0.15, 0.2) is 18.2 Å². The maximum Gasteiger partial charge on any atom is 0.253 e. The quantitative estimate of drug-likeness (QED) is 0.899. The summed E-state index contributed by atoms with van der Waals surface area (Å²) in [6.45, 7) is 2.69.